The zero-order valence-electron chi connectivity index (χ0n) is 9.75. The molecule has 3 heteroatoms. The van der Waals surface area contributed by atoms with Crippen molar-refractivity contribution in [2.45, 2.75) is 32.3 Å². The maximum Gasteiger partial charge on any atom is 0.118 e. The zero-order chi connectivity index (χ0) is 11.5. The van der Waals surface area contributed by atoms with Crippen LogP contribution in [0.3, 0.4) is 0 Å². The first kappa shape index (κ1) is 13.0. The second-order valence-electron chi connectivity index (χ2n) is 4.14. The highest BCUT2D eigenvalue weighted by Crippen LogP contribution is 2.56. The SMILES string of the molecule is CCC(C)(C)P(Br)c1ccc(OC)cc1. The average molecular weight is 289 g/mol. The molecule has 0 saturated carbocycles. The van der Waals surface area contributed by atoms with Crippen molar-refractivity contribution in [1.29, 1.82) is 0 Å². The lowest BCUT2D eigenvalue weighted by Gasteiger charge is -2.29. The second kappa shape index (κ2) is 5.32. The summed E-state index contributed by atoms with van der Waals surface area (Å²) in [7, 11) is 1.70. The Morgan fingerprint density at radius 3 is 2.20 bits per heavy atom. The number of ether oxygens (including phenoxy) is 1. The predicted molar refractivity (Wildman–Crippen MR) is 72.8 cm³/mol. The van der Waals surface area contributed by atoms with E-state index in [9.17, 15) is 0 Å². The second-order valence-corrected chi connectivity index (χ2v) is 8.56. The van der Waals surface area contributed by atoms with E-state index in [-0.39, 0.29) is 6.62 Å². The van der Waals surface area contributed by atoms with Gasteiger partial charge in [0.05, 0.1) is 7.11 Å². The van der Waals surface area contributed by atoms with E-state index in [1.807, 2.05) is 12.1 Å². The van der Waals surface area contributed by atoms with Crippen molar-refractivity contribution in [3.8, 4) is 5.75 Å². The van der Waals surface area contributed by atoms with E-state index in [4.69, 9.17) is 4.74 Å². The summed E-state index contributed by atoms with van der Waals surface area (Å²) in [5.41, 5.74) is 0. The molecule has 0 saturated heterocycles. The third kappa shape index (κ3) is 3.19. The number of benzene rings is 1. The summed E-state index contributed by atoms with van der Waals surface area (Å²) in [4.78, 5) is 0. The quantitative estimate of drug-likeness (QED) is 0.751. The summed E-state index contributed by atoms with van der Waals surface area (Å²) < 4.78 is 5.15. The molecule has 84 valence electrons. The Bertz CT molecular complexity index is 308. The van der Waals surface area contributed by atoms with Crippen molar-refractivity contribution >= 4 is 27.4 Å². The third-order valence-electron chi connectivity index (χ3n) is 2.70. The maximum absolute atomic E-state index is 5.15. The summed E-state index contributed by atoms with van der Waals surface area (Å²) in [5, 5.41) is 1.71. The third-order valence-corrected chi connectivity index (χ3v) is 8.94. The van der Waals surface area contributed by atoms with E-state index in [2.05, 4.69) is 48.4 Å². The first-order valence-electron chi connectivity index (χ1n) is 5.11. The van der Waals surface area contributed by atoms with Gasteiger partial charge >= 0.3 is 0 Å². The lowest BCUT2D eigenvalue weighted by atomic mass is 10.1. The molecule has 0 spiro atoms. The van der Waals surface area contributed by atoms with Gasteiger partial charge in [-0.25, -0.2) is 0 Å². The van der Waals surface area contributed by atoms with E-state index in [1.54, 1.807) is 7.11 Å². The van der Waals surface area contributed by atoms with Crippen molar-refractivity contribution in [2.24, 2.45) is 0 Å². The van der Waals surface area contributed by atoms with Crippen LogP contribution in [0.15, 0.2) is 24.3 Å². The molecule has 0 amide bonds. The van der Waals surface area contributed by atoms with Crippen LogP contribution in [0.4, 0.5) is 0 Å². The van der Waals surface area contributed by atoms with Crippen LogP contribution in [0.25, 0.3) is 0 Å². The molecule has 1 aromatic carbocycles. The van der Waals surface area contributed by atoms with Gasteiger partial charge in [0.1, 0.15) is 5.75 Å². The molecule has 1 nitrogen and oxygen atoms in total. The molecule has 0 aliphatic rings. The Morgan fingerprint density at radius 2 is 1.80 bits per heavy atom. The van der Waals surface area contributed by atoms with Gasteiger partial charge in [-0.15, -0.1) is 0 Å². The highest BCUT2D eigenvalue weighted by atomic mass is 79.9. The van der Waals surface area contributed by atoms with Crippen molar-refractivity contribution < 1.29 is 4.74 Å². The molecule has 1 atom stereocenters. The van der Waals surface area contributed by atoms with E-state index in [0.717, 1.165) is 5.75 Å². The van der Waals surface area contributed by atoms with E-state index >= 15 is 0 Å². The number of methoxy groups -OCH3 is 1. The number of rotatable bonds is 4. The van der Waals surface area contributed by atoms with Crippen LogP contribution in [-0.2, 0) is 0 Å². The smallest absolute Gasteiger partial charge is 0.118 e. The van der Waals surface area contributed by atoms with E-state index in [1.165, 1.54) is 11.7 Å². The van der Waals surface area contributed by atoms with Crippen LogP contribution in [0.5, 0.6) is 5.75 Å². The minimum atomic E-state index is -0.279. The monoisotopic (exact) mass is 288 g/mol. The molecule has 1 unspecified atom stereocenters. The maximum atomic E-state index is 5.15. The molecular formula is C12H18BrOP. The van der Waals surface area contributed by atoms with Gasteiger partial charge in [0.25, 0.3) is 0 Å². The normalized spacial score (nSPS) is 13.7. The molecule has 0 bridgehead atoms. The van der Waals surface area contributed by atoms with E-state index in [0.29, 0.717) is 5.16 Å². The van der Waals surface area contributed by atoms with Crippen LogP contribution in [0.1, 0.15) is 27.2 Å². The summed E-state index contributed by atoms with van der Waals surface area (Å²) in [6.45, 7) is 6.56. The molecular weight excluding hydrogens is 271 g/mol. The summed E-state index contributed by atoms with van der Waals surface area (Å²) in [6, 6.07) is 8.35. The van der Waals surface area contributed by atoms with Crippen LogP contribution < -0.4 is 10.0 Å². The standard InChI is InChI=1S/C12H18BrOP/c1-5-12(2,3)15(13)11-8-6-10(14-4)7-9-11/h6-9H,5H2,1-4H3. The Labute approximate surface area is 102 Å². The van der Waals surface area contributed by atoms with Gasteiger partial charge in [-0.1, -0.05) is 36.3 Å². The summed E-state index contributed by atoms with van der Waals surface area (Å²) >= 11 is 3.84. The molecule has 15 heavy (non-hydrogen) atoms. The number of halogens is 1. The van der Waals surface area contributed by atoms with Crippen LogP contribution in [0, 0.1) is 0 Å². The van der Waals surface area contributed by atoms with Gasteiger partial charge < -0.3 is 4.74 Å². The lowest BCUT2D eigenvalue weighted by Crippen LogP contribution is -2.19. The highest BCUT2D eigenvalue weighted by molar-refractivity contribution is 9.40. The van der Waals surface area contributed by atoms with Gasteiger partial charge in [0.15, 0.2) is 0 Å². The van der Waals surface area contributed by atoms with Crippen molar-refractivity contribution in [3.63, 3.8) is 0 Å². The Hall–Kier alpha value is -0.0700. The van der Waals surface area contributed by atoms with Gasteiger partial charge in [-0.05, 0) is 41.1 Å². The highest BCUT2D eigenvalue weighted by Gasteiger charge is 2.26. The molecule has 0 aromatic heterocycles. The molecule has 1 rings (SSSR count). The first-order chi connectivity index (χ1) is 7.01. The number of hydrogen-bond acceptors (Lipinski definition) is 1. The minimum absolute atomic E-state index is 0.279. The zero-order valence-corrected chi connectivity index (χ0v) is 12.2. The van der Waals surface area contributed by atoms with Crippen LogP contribution >= 0.6 is 22.1 Å². The fraction of sp³-hybridized carbons (Fsp3) is 0.500. The molecule has 1 aromatic rings. The molecule has 0 N–H and O–H groups in total. The minimum Gasteiger partial charge on any atom is -0.497 e. The molecule has 0 fully saturated rings. The Balaban J connectivity index is 2.87. The van der Waals surface area contributed by atoms with Crippen LogP contribution in [-0.4, -0.2) is 12.3 Å². The van der Waals surface area contributed by atoms with Gasteiger partial charge in [-0.2, -0.15) is 0 Å². The summed E-state index contributed by atoms with van der Waals surface area (Å²) in [5.74, 6) is 0.920. The van der Waals surface area contributed by atoms with E-state index < -0.39 is 0 Å². The topological polar surface area (TPSA) is 9.23 Å². The van der Waals surface area contributed by atoms with Gasteiger partial charge in [0.2, 0.25) is 0 Å². The molecule has 0 aliphatic carbocycles. The Morgan fingerprint density at radius 1 is 1.27 bits per heavy atom. The first-order valence-corrected chi connectivity index (χ1v) is 8.47. The molecule has 0 heterocycles. The summed E-state index contributed by atoms with van der Waals surface area (Å²) in [6.07, 6.45) is 1.18. The average Bonchev–Trinajstić information content (AvgIpc) is 2.28. The van der Waals surface area contributed by atoms with Crippen molar-refractivity contribution in [3.05, 3.63) is 24.3 Å². The fourth-order valence-electron chi connectivity index (χ4n) is 1.20. The largest absolute Gasteiger partial charge is 0.497 e. The molecule has 0 aliphatic heterocycles. The fourth-order valence-corrected chi connectivity index (χ4v) is 4.05. The van der Waals surface area contributed by atoms with Gasteiger partial charge in [0, 0.05) is 6.62 Å². The molecule has 0 radical (unpaired) electrons. The van der Waals surface area contributed by atoms with Crippen LogP contribution in [0.2, 0.25) is 0 Å². The van der Waals surface area contributed by atoms with Crippen molar-refractivity contribution in [1.82, 2.24) is 0 Å². The van der Waals surface area contributed by atoms with Gasteiger partial charge in [-0.3, -0.25) is 0 Å². The number of hydrogen-bond donors (Lipinski definition) is 0. The predicted octanol–water partition coefficient (Wildman–Crippen LogP) is 4.30. The lowest BCUT2D eigenvalue weighted by molar-refractivity contribution is 0.415. The van der Waals surface area contributed by atoms with Crippen molar-refractivity contribution in [2.75, 3.05) is 7.11 Å². The Kier molecular flexibility index (Phi) is 4.61.